The van der Waals surface area contributed by atoms with Crippen LogP contribution in [-0.4, -0.2) is 24.0 Å². The van der Waals surface area contributed by atoms with Crippen LogP contribution in [0.1, 0.15) is 46.1 Å². The normalized spacial score (nSPS) is 13.3. The van der Waals surface area contributed by atoms with Gasteiger partial charge < -0.3 is 8.99 Å². The van der Waals surface area contributed by atoms with Crippen LogP contribution in [0.15, 0.2) is 15.8 Å². The predicted octanol–water partition coefficient (Wildman–Crippen LogP) is 2.62. The minimum absolute atomic E-state index is 0.0648. The van der Waals surface area contributed by atoms with Gasteiger partial charge in [-0.25, -0.2) is 4.79 Å². The highest BCUT2D eigenvalue weighted by Crippen LogP contribution is 2.37. The number of hydrogen-bond donors (Lipinski definition) is 1. The Morgan fingerprint density at radius 3 is 2.48 bits per heavy atom. The summed E-state index contributed by atoms with van der Waals surface area (Å²) < 4.78 is 7.67. The van der Waals surface area contributed by atoms with E-state index in [4.69, 9.17) is 4.43 Å². The first-order valence-corrected chi connectivity index (χ1v) is 10.9. The van der Waals surface area contributed by atoms with Crippen molar-refractivity contribution >= 4 is 8.32 Å². The fourth-order valence-corrected chi connectivity index (χ4v) is 3.21. The highest BCUT2D eigenvalue weighted by molar-refractivity contribution is 6.74. The summed E-state index contributed by atoms with van der Waals surface area (Å²) in [6.07, 6.45) is 2.98. The molecular weight excluding hydrogens is 308 g/mol. The van der Waals surface area contributed by atoms with E-state index in [1.165, 1.54) is 10.8 Å². The Morgan fingerprint density at radius 1 is 1.35 bits per heavy atom. The van der Waals surface area contributed by atoms with Crippen LogP contribution in [0.3, 0.4) is 0 Å². The number of aryl methyl sites for hydroxylation is 1. The van der Waals surface area contributed by atoms with Gasteiger partial charge in [-0.15, -0.1) is 0 Å². The number of rotatable bonds is 4. The first-order valence-electron chi connectivity index (χ1n) is 7.94. The molecule has 0 unspecified atom stereocenters. The molecule has 0 fully saturated rings. The lowest BCUT2D eigenvalue weighted by Gasteiger charge is -2.38. The molecule has 0 aliphatic carbocycles. The molecule has 0 aliphatic rings. The SMILES string of the molecule is CC[C@H](CC#Cc1cn(C)c(=O)[nH]c1=O)O[Si](C)(C)C(C)(C)C. The van der Waals surface area contributed by atoms with E-state index in [2.05, 4.69) is 57.6 Å². The van der Waals surface area contributed by atoms with Crippen molar-refractivity contribution < 1.29 is 4.43 Å². The standard InChI is InChI=1S/C17H28N2O3Si/c1-8-14(22-23(6,7)17(2,3)4)11-9-10-13-12-19(5)16(21)18-15(13)20/h12,14H,8,11H2,1-7H3,(H,18,20,21)/t14-/m1/s1. The van der Waals surface area contributed by atoms with Crippen molar-refractivity contribution in [3.63, 3.8) is 0 Å². The molecule has 6 heteroatoms. The van der Waals surface area contributed by atoms with E-state index in [0.29, 0.717) is 12.0 Å². The monoisotopic (exact) mass is 336 g/mol. The smallest absolute Gasteiger partial charge is 0.328 e. The lowest BCUT2D eigenvalue weighted by atomic mass is 10.2. The topological polar surface area (TPSA) is 64.1 Å². The van der Waals surface area contributed by atoms with Crippen molar-refractivity contribution in [2.45, 2.75) is 64.8 Å². The van der Waals surface area contributed by atoms with E-state index in [1.54, 1.807) is 7.05 Å². The number of H-pyrrole nitrogens is 1. The molecule has 1 N–H and O–H groups in total. The largest absolute Gasteiger partial charge is 0.413 e. The molecule has 0 spiro atoms. The zero-order chi connectivity index (χ0) is 17.8. The molecule has 1 atom stereocenters. The molecule has 0 saturated carbocycles. The summed E-state index contributed by atoms with van der Waals surface area (Å²) in [5.41, 5.74) is -0.582. The van der Waals surface area contributed by atoms with Crippen LogP contribution in [0, 0.1) is 11.8 Å². The van der Waals surface area contributed by atoms with Gasteiger partial charge >= 0.3 is 5.69 Å². The third-order valence-corrected chi connectivity index (χ3v) is 8.92. The van der Waals surface area contributed by atoms with E-state index < -0.39 is 19.6 Å². The van der Waals surface area contributed by atoms with Crippen molar-refractivity contribution in [1.29, 1.82) is 0 Å². The predicted molar refractivity (Wildman–Crippen MR) is 96.2 cm³/mol. The van der Waals surface area contributed by atoms with Gasteiger partial charge in [0.2, 0.25) is 0 Å². The van der Waals surface area contributed by atoms with Crippen LogP contribution in [-0.2, 0) is 11.5 Å². The van der Waals surface area contributed by atoms with Crippen molar-refractivity contribution in [2.75, 3.05) is 0 Å². The molecular formula is C17H28N2O3Si. The lowest BCUT2D eigenvalue weighted by Crippen LogP contribution is -2.43. The van der Waals surface area contributed by atoms with Gasteiger partial charge in [0.1, 0.15) is 5.56 Å². The van der Waals surface area contributed by atoms with Crippen LogP contribution >= 0.6 is 0 Å². The van der Waals surface area contributed by atoms with Crippen LogP contribution < -0.4 is 11.2 Å². The van der Waals surface area contributed by atoms with Gasteiger partial charge in [-0.3, -0.25) is 9.78 Å². The molecule has 0 amide bonds. The number of nitrogens with one attached hydrogen (secondary N) is 1. The van der Waals surface area contributed by atoms with Crippen LogP contribution in [0.4, 0.5) is 0 Å². The zero-order valence-electron chi connectivity index (χ0n) is 15.2. The Labute approximate surface area is 139 Å². The minimum atomic E-state index is -1.83. The van der Waals surface area contributed by atoms with Gasteiger partial charge in [0.15, 0.2) is 8.32 Å². The summed E-state index contributed by atoms with van der Waals surface area (Å²) in [6, 6.07) is 0. The maximum absolute atomic E-state index is 11.7. The Kier molecular flexibility index (Phi) is 6.20. The number of aromatic nitrogens is 2. The second kappa shape index (κ2) is 7.32. The minimum Gasteiger partial charge on any atom is -0.413 e. The van der Waals surface area contributed by atoms with Gasteiger partial charge in [0, 0.05) is 19.7 Å². The highest BCUT2D eigenvalue weighted by atomic mass is 28.4. The van der Waals surface area contributed by atoms with Gasteiger partial charge in [-0.05, 0) is 24.6 Å². The van der Waals surface area contributed by atoms with Crippen molar-refractivity contribution in [2.24, 2.45) is 7.05 Å². The highest BCUT2D eigenvalue weighted by Gasteiger charge is 2.38. The summed E-state index contributed by atoms with van der Waals surface area (Å²) in [5.74, 6) is 5.88. The maximum atomic E-state index is 11.7. The molecule has 5 nitrogen and oxygen atoms in total. The first kappa shape index (κ1) is 19.5. The molecule has 0 aromatic carbocycles. The molecule has 1 rings (SSSR count). The Hall–Kier alpha value is -1.58. The van der Waals surface area contributed by atoms with Crippen LogP contribution in [0.2, 0.25) is 18.1 Å². The van der Waals surface area contributed by atoms with Gasteiger partial charge in [0.05, 0.1) is 6.10 Å². The molecule has 1 aromatic rings. The van der Waals surface area contributed by atoms with Crippen LogP contribution in [0.5, 0.6) is 0 Å². The molecule has 0 aliphatic heterocycles. The summed E-state index contributed by atoms with van der Waals surface area (Å²) in [7, 11) is -0.244. The van der Waals surface area contributed by atoms with Gasteiger partial charge in [-0.2, -0.15) is 0 Å². The first-order chi connectivity index (χ1) is 10.5. The van der Waals surface area contributed by atoms with E-state index in [9.17, 15) is 9.59 Å². The zero-order valence-corrected chi connectivity index (χ0v) is 16.2. The van der Waals surface area contributed by atoms with Gasteiger partial charge in [-0.1, -0.05) is 39.5 Å². The Morgan fingerprint density at radius 2 is 1.96 bits per heavy atom. The fraction of sp³-hybridized carbons (Fsp3) is 0.647. The van der Waals surface area contributed by atoms with Crippen molar-refractivity contribution in [3.8, 4) is 11.8 Å². The molecule has 1 aromatic heterocycles. The molecule has 128 valence electrons. The molecule has 0 saturated heterocycles. The lowest BCUT2D eigenvalue weighted by molar-refractivity contribution is 0.181. The van der Waals surface area contributed by atoms with E-state index in [1.807, 2.05) is 0 Å². The number of hydrogen-bond acceptors (Lipinski definition) is 3. The average molecular weight is 337 g/mol. The van der Waals surface area contributed by atoms with Gasteiger partial charge in [0.25, 0.3) is 5.56 Å². The molecule has 1 heterocycles. The van der Waals surface area contributed by atoms with E-state index in [0.717, 1.165) is 6.42 Å². The van der Waals surface area contributed by atoms with Crippen molar-refractivity contribution in [3.05, 3.63) is 32.6 Å². The average Bonchev–Trinajstić information content (AvgIpc) is 2.41. The molecule has 0 radical (unpaired) electrons. The summed E-state index contributed by atoms with van der Waals surface area (Å²) >= 11 is 0. The van der Waals surface area contributed by atoms with Crippen molar-refractivity contribution in [1.82, 2.24) is 9.55 Å². The second-order valence-electron chi connectivity index (χ2n) is 7.33. The molecule has 23 heavy (non-hydrogen) atoms. The van der Waals surface area contributed by atoms with E-state index >= 15 is 0 Å². The Bertz CT molecular complexity index is 714. The fourth-order valence-electron chi connectivity index (χ4n) is 1.78. The molecule has 0 bridgehead atoms. The maximum Gasteiger partial charge on any atom is 0.328 e. The Balaban J connectivity index is 2.87. The van der Waals surface area contributed by atoms with E-state index in [-0.39, 0.29) is 11.1 Å². The summed E-state index contributed by atoms with van der Waals surface area (Å²) in [4.78, 5) is 25.3. The second-order valence-corrected chi connectivity index (χ2v) is 12.1. The van der Waals surface area contributed by atoms with Crippen LogP contribution in [0.25, 0.3) is 0 Å². The number of aromatic amines is 1. The third-order valence-electron chi connectivity index (χ3n) is 4.38. The quantitative estimate of drug-likeness (QED) is 0.679. The number of nitrogens with zero attached hydrogens (tertiary/aromatic N) is 1. The third kappa shape index (κ3) is 5.22. The summed E-state index contributed by atoms with van der Waals surface area (Å²) in [6.45, 7) is 13.2. The summed E-state index contributed by atoms with van der Waals surface area (Å²) in [5, 5.41) is 0.155.